The van der Waals surface area contributed by atoms with Crippen molar-refractivity contribution in [2.75, 3.05) is 24.3 Å². The summed E-state index contributed by atoms with van der Waals surface area (Å²) >= 11 is 1.67. The number of nitrogens with zero attached hydrogens (tertiary/aromatic N) is 2. The first kappa shape index (κ1) is 12.0. The quantitative estimate of drug-likeness (QED) is 0.775. The molecule has 19 heavy (non-hydrogen) atoms. The highest BCUT2D eigenvalue weighted by atomic mass is 32.1. The topological polar surface area (TPSA) is 28.2 Å². The van der Waals surface area contributed by atoms with Gasteiger partial charge in [0, 0.05) is 25.5 Å². The van der Waals surface area contributed by atoms with Gasteiger partial charge in [-0.15, -0.1) is 0 Å². The summed E-state index contributed by atoms with van der Waals surface area (Å²) in [5.41, 5.74) is 3.29. The normalized spacial score (nSPS) is 10.6. The molecular formula is C15H15N3S. The van der Waals surface area contributed by atoms with Crippen molar-refractivity contribution in [1.29, 1.82) is 0 Å². The van der Waals surface area contributed by atoms with E-state index in [9.17, 15) is 0 Å². The van der Waals surface area contributed by atoms with Gasteiger partial charge in [-0.1, -0.05) is 23.5 Å². The Bertz CT molecular complexity index is 653. The maximum absolute atomic E-state index is 4.56. The molecule has 0 saturated carbocycles. The molecule has 3 aromatic rings. The van der Waals surface area contributed by atoms with Crippen LogP contribution in [0.15, 0.2) is 48.5 Å². The maximum atomic E-state index is 4.56. The average molecular weight is 269 g/mol. The van der Waals surface area contributed by atoms with Crippen LogP contribution >= 0.6 is 11.3 Å². The third kappa shape index (κ3) is 2.53. The fraction of sp³-hybridized carbons (Fsp3) is 0.133. The molecule has 0 aliphatic rings. The fourth-order valence-electron chi connectivity index (χ4n) is 1.89. The SMILES string of the molecule is CN(C)c1ccc(Nc2nc3ccccc3s2)cc1. The van der Waals surface area contributed by atoms with E-state index < -0.39 is 0 Å². The molecule has 0 radical (unpaired) electrons. The standard InChI is InChI=1S/C15H15N3S/c1-18(2)12-9-7-11(8-10-12)16-15-17-13-5-3-4-6-14(13)19-15/h3-10H,1-2H3,(H,16,17). The Morgan fingerprint density at radius 1 is 1.00 bits per heavy atom. The first-order chi connectivity index (χ1) is 9.22. The van der Waals surface area contributed by atoms with Crippen molar-refractivity contribution >= 4 is 38.1 Å². The van der Waals surface area contributed by atoms with Gasteiger partial charge in [-0.05, 0) is 36.4 Å². The van der Waals surface area contributed by atoms with Crippen LogP contribution in [0.4, 0.5) is 16.5 Å². The minimum atomic E-state index is 0.929. The number of benzene rings is 2. The molecule has 1 N–H and O–H groups in total. The number of hydrogen-bond donors (Lipinski definition) is 1. The summed E-state index contributed by atoms with van der Waals surface area (Å²) in [4.78, 5) is 6.65. The third-order valence-corrected chi connectivity index (χ3v) is 3.88. The van der Waals surface area contributed by atoms with E-state index in [4.69, 9.17) is 0 Å². The van der Waals surface area contributed by atoms with Gasteiger partial charge in [0.2, 0.25) is 0 Å². The highest BCUT2D eigenvalue weighted by Crippen LogP contribution is 2.28. The molecular weight excluding hydrogens is 254 g/mol. The highest BCUT2D eigenvalue weighted by Gasteiger charge is 2.03. The molecule has 0 spiro atoms. The molecule has 1 heterocycles. The zero-order valence-corrected chi connectivity index (χ0v) is 11.7. The molecule has 0 saturated heterocycles. The van der Waals surface area contributed by atoms with Crippen LogP contribution in [0.1, 0.15) is 0 Å². The molecule has 0 fully saturated rings. The van der Waals surface area contributed by atoms with Crippen LogP contribution in [0, 0.1) is 0 Å². The van der Waals surface area contributed by atoms with E-state index in [1.54, 1.807) is 11.3 Å². The molecule has 0 atom stereocenters. The van der Waals surface area contributed by atoms with Crippen molar-refractivity contribution in [3.05, 3.63) is 48.5 Å². The van der Waals surface area contributed by atoms with Crippen LogP contribution in [0.3, 0.4) is 0 Å². The second-order valence-electron chi connectivity index (χ2n) is 4.55. The zero-order valence-electron chi connectivity index (χ0n) is 10.9. The Morgan fingerprint density at radius 3 is 2.42 bits per heavy atom. The molecule has 0 aliphatic carbocycles. The van der Waals surface area contributed by atoms with Crippen molar-refractivity contribution < 1.29 is 0 Å². The van der Waals surface area contributed by atoms with E-state index in [1.807, 2.05) is 32.3 Å². The van der Waals surface area contributed by atoms with Gasteiger partial charge in [0.1, 0.15) is 0 Å². The van der Waals surface area contributed by atoms with Crippen molar-refractivity contribution in [3.8, 4) is 0 Å². The van der Waals surface area contributed by atoms with E-state index >= 15 is 0 Å². The lowest BCUT2D eigenvalue weighted by atomic mass is 10.2. The minimum absolute atomic E-state index is 0.929. The van der Waals surface area contributed by atoms with Gasteiger partial charge in [0.15, 0.2) is 5.13 Å². The molecule has 3 rings (SSSR count). The Hall–Kier alpha value is -2.07. The summed E-state index contributed by atoms with van der Waals surface area (Å²) in [5.74, 6) is 0. The average Bonchev–Trinajstić information content (AvgIpc) is 2.81. The molecule has 4 heteroatoms. The van der Waals surface area contributed by atoms with Crippen molar-refractivity contribution in [2.45, 2.75) is 0 Å². The van der Waals surface area contributed by atoms with E-state index in [1.165, 1.54) is 10.4 Å². The smallest absolute Gasteiger partial charge is 0.188 e. The van der Waals surface area contributed by atoms with Crippen LogP contribution in [0.25, 0.3) is 10.2 Å². The Balaban J connectivity index is 1.84. The fourth-order valence-corrected chi connectivity index (χ4v) is 2.78. The van der Waals surface area contributed by atoms with Gasteiger partial charge in [0.05, 0.1) is 10.2 Å². The Kier molecular flexibility index (Phi) is 3.09. The Labute approximate surface area is 116 Å². The third-order valence-electron chi connectivity index (χ3n) is 2.93. The number of thiazole rings is 1. The van der Waals surface area contributed by atoms with E-state index in [0.29, 0.717) is 0 Å². The van der Waals surface area contributed by atoms with Crippen LogP contribution in [0.2, 0.25) is 0 Å². The number of aromatic nitrogens is 1. The van der Waals surface area contributed by atoms with Crippen LogP contribution in [0.5, 0.6) is 0 Å². The molecule has 0 unspecified atom stereocenters. The summed E-state index contributed by atoms with van der Waals surface area (Å²) in [6.45, 7) is 0. The van der Waals surface area contributed by atoms with Crippen molar-refractivity contribution in [3.63, 3.8) is 0 Å². The lowest BCUT2D eigenvalue weighted by molar-refractivity contribution is 1.13. The van der Waals surface area contributed by atoms with Gasteiger partial charge >= 0.3 is 0 Å². The predicted molar refractivity (Wildman–Crippen MR) is 83.7 cm³/mol. The van der Waals surface area contributed by atoms with E-state index in [0.717, 1.165) is 16.3 Å². The summed E-state index contributed by atoms with van der Waals surface area (Å²) in [6.07, 6.45) is 0. The summed E-state index contributed by atoms with van der Waals surface area (Å²) in [6, 6.07) is 16.5. The largest absolute Gasteiger partial charge is 0.378 e. The lowest BCUT2D eigenvalue weighted by Crippen LogP contribution is -2.08. The van der Waals surface area contributed by atoms with Gasteiger partial charge in [0.25, 0.3) is 0 Å². The van der Waals surface area contributed by atoms with Gasteiger partial charge in [-0.3, -0.25) is 0 Å². The van der Waals surface area contributed by atoms with E-state index in [-0.39, 0.29) is 0 Å². The van der Waals surface area contributed by atoms with Gasteiger partial charge in [-0.2, -0.15) is 0 Å². The number of anilines is 3. The molecule has 0 amide bonds. The first-order valence-corrected chi connectivity index (χ1v) is 6.94. The highest BCUT2D eigenvalue weighted by molar-refractivity contribution is 7.22. The van der Waals surface area contributed by atoms with Crippen LogP contribution in [-0.2, 0) is 0 Å². The predicted octanol–water partition coefficient (Wildman–Crippen LogP) is 4.11. The number of fused-ring (bicyclic) bond motifs is 1. The molecule has 2 aromatic carbocycles. The molecule has 3 nitrogen and oxygen atoms in total. The molecule has 0 aliphatic heterocycles. The van der Waals surface area contributed by atoms with Crippen molar-refractivity contribution in [1.82, 2.24) is 4.98 Å². The number of hydrogen-bond acceptors (Lipinski definition) is 4. The van der Waals surface area contributed by atoms with Crippen molar-refractivity contribution in [2.24, 2.45) is 0 Å². The monoisotopic (exact) mass is 269 g/mol. The summed E-state index contributed by atoms with van der Waals surface area (Å²) in [7, 11) is 4.08. The van der Waals surface area contributed by atoms with Crippen LogP contribution < -0.4 is 10.2 Å². The number of para-hydroxylation sites is 1. The second kappa shape index (κ2) is 4.90. The Morgan fingerprint density at radius 2 is 1.74 bits per heavy atom. The second-order valence-corrected chi connectivity index (χ2v) is 5.58. The zero-order chi connectivity index (χ0) is 13.2. The molecule has 96 valence electrons. The maximum Gasteiger partial charge on any atom is 0.188 e. The molecule has 1 aromatic heterocycles. The van der Waals surface area contributed by atoms with Gasteiger partial charge < -0.3 is 10.2 Å². The molecule has 0 bridgehead atoms. The van der Waals surface area contributed by atoms with E-state index in [2.05, 4.69) is 45.5 Å². The van der Waals surface area contributed by atoms with Crippen LogP contribution in [-0.4, -0.2) is 19.1 Å². The van der Waals surface area contributed by atoms with Gasteiger partial charge in [-0.25, -0.2) is 4.98 Å². The summed E-state index contributed by atoms with van der Waals surface area (Å²) in [5, 5.41) is 4.28. The first-order valence-electron chi connectivity index (χ1n) is 6.12. The number of nitrogens with one attached hydrogen (secondary N) is 1. The minimum Gasteiger partial charge on any atom is -0.378 e. The number of rotatable bonds is 3. The lowest BCUT2D eigenvalue weighted by Gasteiger charge is -2.12. The summed E-state index contributed by atoms with van der Waals surface area (Å²) < 4.78 is 1.20.